The number of alkyl halides is 3. The number of methoxy groups -OCH3 is 1. The van der Waals surface area contributed by atoms with Gasteiger partial charge >= 0.3 is 12.3 Å². The smallest absolute Gasteiger partial charge is 0.488 e. The highest BCUT2D eigenvalue weighted by molar-refractivity contribution is 5.64. The second kappa shape index (κ2) is 8.31. The summed E-state index contributed by atoms with van der Waals surface area (Å²) in [5.41, 5.74) is -0.0579. The van der Waals surface area contributed by atoms with E-state index in [0.717, 1.165) is 37.6 Å². The van der Waals surface area contributed by atoms with E-state index >= 15 is 0 Å². The summed E-state index contributed by atoms with van der Waals surface area (Å²) in [5, 5.41) is 0. The minimum Gasteiger partial charge on any atom is -0.488 e. The van der Waals surface area contributed by atoms with Gasteiger partial charge in [-0.1, -0.05) is 13.0 Å². The van der Waals surface area contributed by atoms with E-state index in [-0.39, 0.29) is 23.0 Å². The Morgan fingerprint density at radius 1 is 1.17 bits per heavy atom. The van der Waals surface area contributed by atoms with Crippen LogP contribution >= 0.6 is 0 Å². The van der Waals surface area contributed by atoms with Crippen LogP contribution in [0.25, 0.3) is 0 Å². The minimum atomic E-state index is -4.69. The minimum absolute atomic E-state index is 0.197. The molecule has 2 aromatic carbocycles. The van der Waals surface area contributed by atoms with E-state index in [0.29, 0.717) is 12.0 Å². The number of hydrogen-bond donors (Lipinski definition) is 0. The zero-order valence-electron chi connectivity index (χ0n) is 15.9. The zero-order chi connectivity index (χ0) is 21.2. The molecule has 0 N–H and O–H groups in total. The molecular weight excluding hydrogens is 392 g/mol. The Labute approximate surface area is 165 Å². The predicted molar refractivity (Wildman–Crippen MR) is 96.6 cm³/mol. The van der Waals surface area contributed by atoms with Crippen molar-refractivity contribution in [1.29, 1.82) is 0 Å². The molecule has 1 aliphatic rings. The van der Waals surface area contributed by atoms with Crippen LogP contribution in [0.2, 0.25) is 0 Å². The van der Waals surface area contributed by atoms with Crippen LogP contribution in [-0.2, 0) is 23.9 Å². The van der Waals surface area contributed by atoms with Crippen LogP contribution in [0.15, 0.2) is 30.3 Å². The fourth-order valence-corrected chi connectivity index (χ4v) is 3.09. The molecule has 0 heterocycles. The fourth-order valence-electron chi connectivity index (χ4n) is 3.09. The van der Waals surface area contributed by atoms with Crippen molar-refractivity contribution in [2.24, 2.45) is 0 Å². The van der Waals surface area contributed by atoms with Gasteiger partial charge in [-0.3, -0.25) is 0 Å². The summed E-state index contributed by atoms with van der Waals surface area (Å²) in [6, 6.07) is 6.13. The molecule has 1 fully saturated rings. The maximum absolute atomic E-state index is 14.3. The van der Waals surface area contributed by atoms with Gasteiger partial charge in [-0.2, -0.15) is 13.2 Å². The fraction of sp³-hybridized carbons (Fsp3) is 0.381. The molecule has 4 nitrogen and oxygen atoms in total. The number of carbonyl (C=O) groups excluding carboxylic acids is 1. The maximum atomic E-state index is 14.3. The van der Waals surface area contributed by atoms with Crippen molar-refractivity contribution >= 4 is 6.16 Å². The zero-order valence-corrected chi connectivity index (χ0v) is 15.9. The lowest BCUT2D eigenvalue weighted by molar-refractivity contribution is -0.138. The summed E-state index contributed by atoms with van der Waals surface area (Å²) in [4.78, 5) is 11.4. The topological polar surface area (TPSA) is 44.8 Å². The van der Waals surface area contributed by atoms with E-state index in [1.807, 2.05) is 6.92 Å². The Balaban J connectivity index is 1.96. The number of rotatable bonds is 6. The van der Waals surface area contributed by atoms with E-state index in [2.05, 4.69) is 4.74 Å². The first-order valence-electron chi connectivity index (χ1n) is 9.14. The number of benzene rings is 2. The molecule has 0 bridgehead atoms. The average Bonchev–Trinajstić information content (AvgIpc) is 3.51. The van der Waals surface area contributed by atoms with Gasteiger partial charge in [0.2, 0.25) is 0 Å². The van der Waals surface area contributed by atoms with Crippen molar-refractivity contribution in [3.05, 3.63) is 58.4 Å². The SMILES string of the molecule is CCc1cc(C2CC2)c(OCc2c(OC(=O)OC)cccc2C(F)(F)F)cc1F. The number of halogens is 4. The number of aryl methyl sites for hydroxylation is 1. The lowest BCUT2D eigenvalue weighted by Gasteiger charge is -2.18. The monoisotopic (exact) mass is 412 g/mol. The van der Waals surface area contributed by atoms with Gasteiger partial charge in [0.25, 0.3) is 0 Å². The van der Waals surface area contributed by atoms with Gasteiger partial charge in [0.15, 0.2) is 0 Å². The Morgan fingerprint density at radius 2 is 1.90 bits per heavy atom. The van der Waals surface area contributed by atoms with Crippen LogP contribution < -0.4 is 9.47 Å². The van der Waals surface area contributed by atoms with Crippen LogP contribution in [0.5, 0.6) is 11.5 Å². The number of ether oxygens (including phenoxy) is 3. The third-order valence-electron chi connectivity index (χ3n) is 4.75. The van der Waals surface area contributed by atoms with Crippen LogP contribution in [0.3, 0.4) is 0 Å². The van der Waals surface area contributed by atoms with Gasteiger partial charge < -0.3 is 14.2 Å². The first-order chi connectivity index (χ1) is 13.7. The van der Waals surface area contributed by atoms with Gasteiger partial charge in [-0.05, 0) is 54.5 Å². The van der Waals surface area contributed by atoms with Gasteiger partial charge in [0, 0.05) is 11.6 Å². The second-order valence-corrected chi connectivity index (χ2v) is 6.73. The van der Waals surface area contributed by atoms with E-state index in [9.17, 15) is 22.4 Å². The molecule has 0 atom stereocenters. The molecule has 0 unspecified atom stereocenters. The summed E-state index contributed by atoms with van der Waals surface area (Å²) in [5.74, 6) is -0.393. The van der Waals surface area contributed by atoms with Gasteiger partial charge in [-0.25, -0.2) is 9.18 Å². The quantitative estimate of drug-likeness (QED) is 0.331. The van der Waals surface area contributed by atoms with Crippen LogP contribution in [0, 0.1) is 5.82 Å². The van der Waals surface area contributed by atoms with E-state index in [1.54, 1.807) is 6.07 Å². The Hall–Kier alpha value is -2.77. The summed E-state index contributed by atoms with van der Waals surface area (Å²) >= 11 is 0. The molecule has 0 aliphatic heterocycles. The Kier molecular flexibility index (Phi) is 6.00. The molecule has 0 radical (unpaired) electrons. The third-order valence-corrected chi connectivity index (χ3v) is 4.75. The Morgan fingerprint density at radius 3 is 2.48 bits per heavy atom. The molecule has 29 heavy (non-hydrogen) atoms. The molecule has 3 rings (SSSR count). The summed E-state index contributed by atoms with van der Waals surface area (Å²) in [7, 11) is 1.05. The molecule has 1 saturated carbocycles. The van der Waals surface area contributed by atoms with Crippen molar-refractivity contribution < 1.29 is 36.6 Å². The summed E-state index contributed by atoms with van der Waals surface area (Å²) < 4.78 is 69.5. The van der Waals surface area contributed by atoms with Crippen molar-refractivity contribution in [1.82, 2.24) is 0 Å². The largest absolute Gasteiger partial charge is 0.513 e. The van der Waals surface area contributed by atoms with Crippen molar-refractivity contribution in [2.45, 2.75) is 44.9 Å². The molecule has 1 aliphatic carbocycles. The van der Waals surface area contributed by atoms with Gasteiger partial charge in [0.1, 0.15) is 23.9 Å². The standard InChI is InChI=1S/C21H20F4O4/c1-3-12-9-14(13-7-8-13)19(10-17(12)22)28-11-15-16(21(23,24)25)5-4-6-18(15)29-20(26)27-2/h4-6,9-10,13H,3,7-8,11H2,1-2H3. The average molecular weight is 412 g/mol. The summed E-state index contributed by atoms with van der Waals surface area (Å²) in [6.45, 7) is 1.28. The highest BCUT2D eigenvalue weighted by Gasteiger charge is 2.35. The van der Waals surface area contributed by atoms with Crippen LogP contribution in [0.1, 0.15) is 47.9 Å². The first kappa shape index (κ1) is 21.0. The van der Waals surface area contributed by atoms with Crippen LogP contribution in [-0.4, -0.2) is 13.3 Å². The molecular formula is C21H20F4O4. The predicted octanol–water partition coefficient (Wildman–Crippen LogP) is 6.01. The van der Waals surface area contributed by atoms with Gasteiger partial charge in [-0.15, -0.1) is 0 Å². The molecule has 8 heteroatoms. The number of hydrogen-bond acceptors (Lipinski definition) is 4. The highest BCUT2D eigenvalue weighted by atomic mass is 19.4. The van der Waals surface area contributed by atoms with E-state index in [1.165, 1.54) is 12.1 Å². The molecule has 0 spiro atoms. The molecule has 2 aromatic rings. The maximum Gasteiger partial charge on any atom is 0.513 e. The number of carbonyl (C=O) groups is 1. The summed E-state index contributed by atoms with van der Waals surface area (Å²) in [6.07, 6.45) is -3.50. The van der Waals surface area contributed by atoms with Crippen molar-refractivity contribution in [3.8, 4) is 11.5 Å². The van der Waals surface area contributed by atoms with E-state index < -0.39 is 30.3 Å². The normalized spacial score (nSPS) is 13.9. The second-order valence-electron chi connectivity index (χ2n) is 6.73. The third kappa shape index (κ3) is 4.81. The molecule has 156 valence electrons. The van der Waals surface area contributed by atoms with Gasteiger partial charge in [0.05, 0.1) is 12.7 Å². The lowest BCUT2D eigenvalue weighted by Crippen LogP contribution is -2.15. The van der Waals surface area contributed by atoms with E-state index in [4.69, 9.17) is 9.47 Å². The molecule has 0 aromatic heterocycles. The lowest BCUT2D eigenvalue weighted by atomic mass is 10.0. The molecule has 0 saturated heterocycles. The van der Waals surface area contributed by atoms with Crippen molar-refractivity contribution in [3.63, 3.8) is 0 Å². The molecule has 0 amide bonds. The highest BCUT2D eigenvalue weighted by Crippen LogP contribution is 2.46. The van der Waals surface area contributed by atoms with Crippen molar-refractivity contribution in [2.75, 3.05) is 7.11 Å². The first-order valence-corrected chi connectivity index (χ1v) is 9.14. The Bertz CT molecular complexity index is 904. The van der Waals surface area contributed by atoms with Crippen LogP contribution in [0.4, 0.5) is 22.4 Å².